The van der Waals surface area contributed by atoms with Crippen molar-refractivity contribution in [1.29, 1.82) is 0 Å². The number of nitrogens with one attached hydrogen (secondary N) is 1. The first-order valence-electron chi connectivity index (χ1n) is 5.82. The molecule has 0 saturated heterocycles. The summed E-state index contributed by atoms with van der Waals surface area (Å²) in [6.45, 7) is 3.73. The summed E-state index contributed by atoms with van der Waals surface area (Å²) in [5.41, 5.74) is 0.232. The molecule has 0 saturated carbocycles. The van der Waals surface area contributed by atoms with E-state index in [1.54, 1.807) is 13.1 Å². The Morgan fingerprint density at radius 1 is 1.37 bits per heavy atom. The lowest BCUT2D eigenvalue weighted by Crippen LogP contribution is -2.36. The Labute approximate surface area is 112 Å². The van der Waals surface area contributed by atoms with Gasteiger partial charge in [0.2, 0.25) is 0 Å². The molecule has 0 aliphatic rings. The van der Waals surface area contributed by atoms with Crippen molar-refractivity contribution in [2.24, 2.45) is 0 Å². The van der Waals surface area contributed by atoms with Crippen molar-refractivity contribution in [2.75, 3.05) is 19.5 Å². The highest BCUT2D eigenvalue weighted by Gasteiger charge is 2.17. The molecule has 0 heterocycles. The van der Waals surface area contributed by atoms with Crippen LogP contribution in [0.3, 0.4) is 0 Å². The molecule has 104 valence electrons. The van der Waals surface area contributed by atoms with Gasteiger partial charge in [-0.3, -0.25) is 0 Å². The maximum absolute atomic E-state index is 11.9. The first-order chi connectivity index (χ1) is 8.86. The fourth-order valence-corrected chi connectivity index (χ4v) is 1.37. The zero-order valence-electron chi connectivity index (χ0n) is 11.4. The number of anilines is 1. The van der Waals surface area contributed by atoms with Gasteiger partial charge in [-0.1, -0.05) is 0 Å². The number of ether oxygens (including phenoxy) is 1. The maximum Gasteiger partial charge on any atom is 0.337 e. The molecule has 0 unspecified atom stereocenters. The fourth-order valence-electron chi connectivity index (χ4n) is 1.37. The SMILES string of the molecule is COc1ccc(NC(=O)N(C)C(C)C)c(C(=O)O)c1. The molecule has 0 aromatic heterocycles. The number of hydrogen-bond acceptors (Lipinski definition) is 3. The summed E-state index contributed by atoms with van der Waals surface area (Å²) in [4.78, 5) is 24.5. The summed E-state index contributed by atoms with van der Waals surface area (Å²) < 4.78 is 4.96. The molecular weight excluding hydrogens is 248 g/mol. The third-order valence-electron chi connectivity index (χ3n) is 2.79. The van der Waals surface area contributed by atoms with Crippen molar-refractivity contribution < 1.29 is 19.4 Å². The van der Waals surface area contributed by atoms with Gasteiger partial charge in [0.15, 0.2) is 0 Å². The van der Waals surface area contributed by atoms with E-state index in [1.165, 1.54) is 24.1 Å². The third kappa shape index (κ3) is 3.61. The number of aromatic carboxylic acids is 1. The number of benzene rings is 1. The second kappa shape index (κ2) is 6.08. The van der Waals surface area contributed by atoms with Crippen LogP contribution in [0.5, 0.6) is 5.75 Å². The van der Waals surface area contributed by atoms with Gasteiger partial charge in [-0.15, -0.1) is 0 Å². The Kier molecular flexibility index (Phi) is 4.74. The average molecular weight is 266 g/mol. The van der Waals surface area contributed by atoms with Crippen molar-refractivity contribution >= 4 is 17.7 Å². The molecule has 0 aliphatic heterocycles. The van der Waals surface area contributed by atoms with Gasteiger partial charge >= 0.3 is 12.0 Å². The van der Waals surface area contributed by atoms with Crippen molar-refractivity contribution in [3.8, 4) is 5.75 Å². The molecule has 1 aromatic rings. The second-order valence-electron chi connectivity index (χ2n) is 4.35. The topological polar surface area (TPSA) is 78.9 Å². The zero-order valence-corrected chi connectivity index (χ0v) is 11.4. The van der Waals surface area contributed by atoms with Crippen LogP contribution in [0.25, 0.3) is 0 Å². The van der Waals surface area contributed by atoms with E-state index in [-0.39, 0.29) is 23.3 Å². The summed E-state index contributed by atoms with van der Waals surface area (Å²) in [6.07, 6.45) is 0. The van der Waals surface area contributed by atoms with Crippen LogP contribution in [0.1, 0.15) is 24.2 Å². The number of urea groups is 1. The molecular formula is C13H18N2O4. The van der Waals surface area contributed by atoms with Gasteiger partial charge in [0.1, 0.15) is 5.75 Å². The van der Waals surface area contributed by atoms with E-state index < -0.39 is 5.97 Å². The Morgan fingerprint density at radius 3 is 2.47 bits per heavy atom. The normalized spacial score (nSPS) is 10.2. The van der Waals surface area contributed by atoms with Crippen LogP contribution in [0, 0.1) is 0 Å². The van der Waals surface area contributed by atoms with E-state index in [9.17, 15) is 9.59 Å². The molecule has 1 rings (SSSR count). The Balaban J connectivity index is 3.01. The van der Waals surface area contributed by atoms with Gasteiger partial charge in [-0.05, 0) is 32.0 Å². The number of nitrogens with zero attached hydrogens (tertiary/aromatic N) is 1. The van der Waals surface area contributed by atoms with Crippen molar-refractivity contribution in [2.45, 2.75) is 19.9 Å². The van der Waals surface area contributed by atoms with E-state index in [2.05, 4.69) is 5.32 Å². The van der Waals surface area contributed by atoms with Crippen molar-refractivity contribution in [3.05, 3.63) is 23.8 Å². The highest BCUT2D eigenvalue weighted by Crippen LogP contribution is 2.22. The van der Waals surface area contributed by atoms with Crippen LogP contribution in [0.2, 0.25) is 0 Å². The lowest BCUT2D eigenvalue weighted by molar-refractivity contribution is 0.0697. The number of carbonyl (C=O) groups is 2. The van der Waals surface area contributed by atoms with Crippen molar-refractivity contribution in [3.63, 3.8) is 0 Å². The molecule has 0 aliphatic carbocycles. The van der Waals surface area contributed by atoms with Gasteiger partial charge < -0.3 is 20.1 Å². The largest absolute Gasteiger partial charge is 0.497 e. The highest BCUT2D eigenvalue weighted by molar-refractivity contribution is 6.00. The second-order valence-corrected chi connectivity index (χ2v) is 4.35. The summed E-state index contributed by atoms with van der Waals surface area (Å²) >= 11 is 0. The van der Waals surface area contributed by atoms with Gasteiger partial charge in [0, 0.05) is 13.1 Å². The minimum atomic E-state index is -1.12. The predicted molar refractivity (Wildman–Crippen MR) is 71.9 cm³/mol. The fraction of sp³-hybridized carbons (Fsp3) is 0.385. The molecule has 0 bridgehead atoms. The van der Waals surface area contributed by atoms with Gasteiger partial charge in [-0.2, -0.15) is 0 Å². The number of methoxy groups -OCH3 is 1. The molecule has 2 amide bonds. The van der Waals surface area contributed by atoms with Crippen LogP contribution in [0.4, 0.5) is 10.5 Å². The standard InChI is InChI=1S/C13H18N2O4/c1-8(2)15(3)13(18)14-11-6-5-9(19-4)7-10(11)12(16)17/h5-8H,1-4H3,(H,14,18)(H,16,17). The van der Waals surface area contributed by atoms with Crippen LogP contribution in [-0.4, -0.2) is 42.2 Å². The Hall–Kier alpha value is -2.24. The quantitative estimate of drug-likeness (QED) is 0.876. The van der Waals surface area contributed by atoms with Gasteiger partial charge in [0.05, 0.1) is 18.4 Å². The molecule has 0 atom stereocenters. The summed E-state index contributed by atoms with van der Waals surface area (Å²) in [6, 6.07) is 4.13. The van der Waals surface area contributed by atoms with E-state index in [0.717, 1.165) is 0 Å². The molecule has 6 heteroatoms. The number of carboxylic acid groups (broad SMARTS) is 1. The van der Waals surface area contributed by atoms with E-state index >= 15 is 0 Å². The van der Waals surface area contributed by atoms with Crippen LogP contribution in [-0.2, 0) is 0 Å². The van der Waals surface area contributed by atoms with Crippen LogP contribution >= 0.6 is 0 Å². The molecule has 1 aromatic carbocycles. The maximum atomic E-state index is 11.9. The van der Waals surface area contributed by atoms with Crippen LogP contribution < -0.4 is 10.1 Å². The number of amides is 2. The van der Waals surface area contributed by atoms with E-state index in [0.29, 0.717) is 5.75 Å². The van der Waals surface area contributed by atoms with E-state index in [4.69, 9.17) is 9.84 Å². The van der Waals surface area contributed by atoms with E-state index in [1.807, 2.05) is 13.8 Å². The number of hydrogen-bond donors (Lipinski definition) is 2. The Morgan fingerprint density at radius 2 is 2.00 bits per heavy atom. The van der Waals surface area contributed by atoms with Crippen LogP contribution in [0.15, 0.2) is 18.2 Å². The molecule has 0 radical (unpaired) electrons. The van der Waals surface area contributed by atoms with Gasteiger partial charge in [-0.25, -0.2) is 9.59 Å². The highest BCUT2D eigenvalue weighted by atomic mass is 16.5. The van der Waals surface area contributed by atoms with Crippen molar-refractivity contribution in [1.82, 2.24) is 4.90 Å². The number of rotatable bonds is 4. The average Bonchev–Trinajstić information content (AvgIpc) is 2.37. The molecule has 2 N–H and O–H groups in total. The lowest BCUT2D eigenvalue weighted by atomic mass is 10.1. The zero-order chi connectivity index (χ0) is 14.6. The van der Waals surface area contributed by atoms with Gasteiger partial charge in [0.25, 0.3) is 0 Å². The summed E-state index contributed by atoms with van der Waals surface area (Å²) in [5, 5.41) is 11.7. The Bertz CT molecular complexity index is 486. The summed E-state index contributed by atoms with van der Waals surface area (Å²) in [5.74, 6) is -0.700. The lowest BCUT2D eigenvalue weighted by Gasteiger charge is -2.22. The molecule has 19 heavy (non-hydrogen) atoms. The molecule has 6 nitrogen and oxygen atoms in total. The minimum Gasteiger partial charge on any atom is -0.497 e. The summed E-state index contributed by atoms with van der Waals surface area (Å²) in [7, 11) is 3.09. The predicted octanol–water partition coefficient (Wildman–Crippen LogP) is 2.27. The first-order valence-corrected chi connectivity index (χ1v) is 5.82. The monoisotopic (exact) mass is 266 g/mol. The minimum absolute atomic E-state index is 0.00939. The third-order valence-corrected chi connectivity index (χ3v) is 2.79. The molecule has 0 fully saturated rings. The first kappa shape index (κ1) is 14.8. The number of carboxylic acids is 1. The number of carbonyl (C=O) groups excluding carboxylic acids is 1. The smallest absolute Gasteiger partial charge is 0.337 e. The molecule has 0 spiro atoms.